The van der Waals surface area contributed by atoms with E-state index in [0.717, 1.165) is 19.3 Å². The monoisotopic (exact) mass is 574 g/mol. The molecule has 2 amide bonds. The van der Waals surface area contributed by atoms with Gasteiger partial charge in [-0.1, -0.05) is 12.5 Å². The van der Waals surface area contributed by atoms with Gasteiger partial charge in [0.1, 0.15) is 11.8 Å². The summed E-state index contributed by atoms with van der Waals surface area (Å²) in [5.74, 6) is -0.411. The lowest BCUT2D eigenvalue weighted by Gasteiger charge is -2.26. The van der Waals surface area contributed by atoms with Crippen molar-refractivity contribution in [2.45, 2.75) is 31.1 Å². The fourth-order valence-electron chi connectivity index (χ4n) is 4.13. The smallest absolute Gasteiger partial charge is 0.287 e. The van der Waals surface area contributed by atoms with Crippen molar-refractivity contribution in [2.75, 3.05) is 35.8 Å². The molecule has 4 rings (SSSR count). The average molecular weight is 575 g/mol. The van der Waals surface area contributed by atoms with Gasteiger partial charge in [0.25, 0.3) is 11.8 Å². The van der Waals surface area contributed by atoms with Gasteiger partial charge in [-0.15, -0.1) is 0 Å². The van der Waals surface area contributed by atoms with Crippen LogP contribution in [0.4, 0.5) is 17.1 Å². The fraction of sp³-hybridized carbons (Fsp3) is 0.241. The molecular formula is C29H30N6O5S. The second kappa shape index (κ2) is 13.6. The molecule has 0 bridgehead atoms. The molecule has 1 aliphatic heterocycles. The van der Waals surface area contributed by atoms with E-state index in [1.165, 1.54) is 28.6 Å². The second-order valence-corrected chi connectivity index (χ2v) is 11.1. The molecule has 1 heterocycles. The first-order valence-electron chi connectivity index (χ1n) is 13.1. The zero-order valence-electron chi connectivity index (χ0n) is 22.5. The van der Waals surface area contributed by atoms with Gasteiger partial charge in [0.15, 0.2) is 0 Å². The summed E-state index contributed by atoms with van der Waals surface area (Å²) in [6.07, 6.45) is 2.62. The molecule has 0 aromatic heterocycles. The molecule has 1 fully saturated rings. The number of carbonyl (C=O) groups is 2. The number of carbonyl (C=O) groups excluding carboxylic acids is 2. The summed E-state index contributed by atoms with van der Waals surface area (Å²) in [6.45, 7) is 3.37. The van der Waals surface area contributed by atoms with Crippen molar-refractivity contribution < 1.29 is 22.7 Å². The van der Waals surface area contributed by atoms with Gasteiger partial charge in [0, 0.05) is 30.0 Å². The van der Waals surface area contributed by atoms with Crippen molar-refractivity contribution in [1.82, 2.24) is 4.31 Å². The van der Waals surface area contributed by atoms with Gasteiger partial charge < -0.3 is 15.4 Å². The Morgan fingerprint density at radius 2 is 1.61 bits per heavy atom. The normalized spacial score (nSPS) is 14.0. The van der Waals surface area contributed by atoms with Crippen molar-refractivity contribution >= 4 is 44.6 Å². The number of benzene rings is 3. The molecule has 0 spiro atoms. The van der Waals surface area contributed by atoms with Crippen LogP contribution in [0, 0.1) is 11.3 Å². The molecule has 0 unspecified atom stereocenters. The molecule has 0 atom stereocenters. The molecule has 1 saturated heterocycles. The topological polar surface area (TPSA) is 153 Å². The minimum Gasteiger partial charge on any atom is -0.494 e. The Balaban J connectivity index is 1.36. The van der Waals surface area contributed by atoms with E-state index in [2.05, 4.69) is 21.2 Å². The van der Waals surface area contributed by atoms with Crippen LogP contribution in [0.1, 0.15) is 36.5 Å². The maximum absolute atomic E-state index is 13.0. The van der Waals surface area contributed by atoms with Crippen molar-refractivity contribution in [3.63, 3.8) is 0 Å². The van der Waals surface area contributed by atoms with Gasteiger partial charge in [0.2, 0.25) is 15.7 Å². The highest BCUT2D eigenvalue weighted by Gasteiger charge is 2.26. The predicted molar refractivity (Wildman–Crippen MR) is 156 cm³/mol. The van der Waals surface area contributed by atoms with E-state index in [9.17, 15) is 23.3 Å². The summed E-state index contributed by atoms with van der Waals surface area (Å²) < 4.78 is 32.8. The second-order valence-electron chi connectivity index (χ2n) is 9.12. The van der Waals surface area contributed by atoms with Gasteiger partial charge >= 0.3 is 0 Å². The Morgan fingerprint density at radius 3 is 2.27 bits per heavy atom. The molecule has 0 radical (unpaired) electrons. The summed E-state index contributed by atoms with van der Waals surface area (Å²) in [6, 6.07) is 21.0. The SMILES string of the molecule is CCOc1ccc(NC(=O)c2ccc(N/N=C(/C#N)C(=O)Nc3cccc(S(=O)(=O)N4CCCCC4)c3)cc2)cc1. The van der Waals surface area contributed by atoms with Gasteiger partial charge in [0.05, 0.1) is 17.2 Å². The molecule has 3 aromatic carbocycles. The van der Waals surface area contributed by atoms with Crippen LogP contribution in [-0.2, 0) is 14.8 Å². The van der Waals surface area contributed by atoms with Crippen LogP contribution in [0.3, 0.4) is 0 Å². The summed E-state index contributed by atoms with van der Waals surface area (Å²) >= 11 is 0. The molecule has 41 heavy (non-hydrogen) atoms. The molecule has 0 saturated carbocycles. The number of hydrogen-bond acceptors (Lipinski definition) is 8. The van der Waals surface area contributed by atoms with Crippen LogP contribution in [0.2, 0.25) is 0 Å². The van der Waals surface area contributed by atoms with Crippen molar-refractivity contribution in [2.24, 2.45) is 5.10 Å². The zero-order valence-corrected chi connectivity index (χ0v) is 23.3. The standard InChI is InChI=1S/C29H30N6O5S/c1-2-40-25-15-13-22(14-16-25)31-28(36)21-9-11-23(12-10-21)33-34-27(20-30)29(37)32-24-7-6-8-26(19-24)41(38,39)35-17-4-3-5-18-35/h6-16,19,33H,2-5,17-18H2,1H3,(H,31,36)(H,32,37)/b34-27-. The van der Waals surface area contributed by atoms with E-state index in [4.69, 9.17) is 4.74 Å². The van der Waals surface area contributed by atoms with E-state index in [1.54, 1.807) is 54.6 Å². The third kappa shape index (κ3) is 7.69. The minimum absolute atomic E-state index is 0.0671. The molecule has 11 nitrogen and oxygen atoms in total. The van der Waals surface area contributed by atoms with Crippen molar-refractivity contribution in [3.8, 4) is 11.8 Å². The zero-order chi connectivity index (χ0) is 29.2. The molecule has 0 aliphatic carbocycles. The highest BCUT2D eigenvalue weighted by Crippen LogP contribution is 2.23. The van der Waals surface area contributed by atoms with E-state index in [-0.39, 0.29) is 16.5 Å². The van der Waals surface area contributed by atoms with E-state index < -0.39 is 21.6 Å². The van der Waals surface area contributed by atoms with Crippen LogP contribution < -0.4 is 20.8 Å². The molecule has 212 valence electrons. The van der Waals surface area contributed by atoms with E-state index in [1.807, 2.05) is 6.92 Å². The summed E-state index contributed by atoms with van der Waals surface area (Å²) in [7, 11) is -3.68. The lowest BCUT2D eigenvalue weighted by Crippen LogP contribution is -2.35. The van der Waals surface area contributed by atoms with Crippen LogP contribution in [0.15, 0.2) is 82.8 Å². The van der Waals surface area contributed by atoms with Crippen molar-refractivity contribution in [3.05, 3.63) is 78.4 Å². The number of ether oxygens (including phenoxy) is 1. The third-order valence-electron chi connectivity index (χ3n) is 6.23. The lowest BCUT2D eigenvalue weighted by atomic mass is 10.2. The number of rotatable bonds is 10. The van der Waals surface area contributed by atoms with Gasteiger partial charge in [-0.05, 0) is 86.5 Å². The van der Waals surface area contributed by atoms with Gasteiger partial charge in [-0.3, -0.25) is 15.0 Å². The van der Waals surface area contributed by atoms with Crippen LogP contribution in [0.5, 0.6) is 5.75 Å². The number of amides is 2. The number of piperidine rings is 1. The quantitative estimate of drug-likeness (QED) is 0.239. The fourth-order valence-corrected chi connectivity index (χ4v) is 5.69. The number of nitrogens with one attached hydrogen (secondary N) is 3. The van der Waals surface area contributed by atoms with Crippen LogP contribution in [-0.4, -0.2) is 49.9 Å². The van der Waals surface area contributed by atoms with Crippen LogP contribution >= 0.6 is 0 Å². The molecule has 3 N–H and O–H groups in total. The average Bonchev–Trinajstić information content (AvgIpc) is 2.99. The van der Waals surface area contributed by atoms with Crippen LogP contribution in [0.25, 0.3) is 0 Å². The lowest BCUT2D eigenvalue weighted by molar-refractivity contribution is -0.110. The predicted octanol–water partition coefficient (Wildman–Crippen LogP) is 4.44. The summed E-state index contributed by atoms with van der Waals surface area (Å²) in [5, 5.41) is 18.7. The Hall–Kier alpha value is -4.73. The van der Waals surface area contributed by atoms with Gasteiger partial charge in [-0.2, -0.15) is 14.7 Å². The summed E-state index contributed by atoms with van der Waals surface area (Å²) in [4.78, 5) is 25.3. The molecular weight excluding hydrogens is 544 g/mol. The first-order valence-corrected chi connectivity index (χ1v) is 14.5. The van der Waals surface area contributed by atoms with E-state index in [0.29, 0.717) is 42.4 Å². The maximum atomic E-state index is 13.0. The first-order chi connectivity index (χ1) is 19.8. The number of hydrazone groups is 1. The highest BCUT2D eigenvalue weighted by atomic mass is 32.2. The number of nitriles is 1. The third-order valence-corrected chi connectivity index (χ3v) is 8.13. The first kappa shape index (κ1) is 29.3. The number of anilines is 3. The molecule has 12 heteroatoms. The van der Waals surface area contributed by atoms with Gasteiger partial charge in [-0.25, -0.2) is 8.42 Å². The largest absolute Gasteiger partial charge is 0.494 e. The summed E-state index contributed by atoms with van der Waals surface area (Å²) in [5.41, 5.74) is 3.84. The Morgan fingerprint density at radius 1 is 0.927 bits per heavy atom. The molecule has 3 aromatic rings. The van der Waals surface area contributed by atoms with Crippen molar-refractivity contribution in [1.29, 1.82) is 5.26 Å². The maximum Gasteiger partial charge on any atom is 0.287 e. The minimum atomic E-state index is -3.68. The Bertz CT molecular complexity index is 1560. The number of nitrogens with zero attached hydrogens (tertiary/aromatic N) is 3. The Labute approximate surface area is 238 Å². The Kier molecular flexibility index (Phi) is 9.68. The number of sulfonamides is 1. The number of hydrogen-bond donors (Lipinski definition) is 3. The van der Waals surface area contributed by atoms with E-state index >= 15 is 0 Å². The molecule has 1 aliphatic rings. The highest BCUT2D eigenvalue weighted by molar-refractivity contribution is 7.89.